The van der Waals surface area contributed by atoms with Crippen LogP contribution in [0.1, 0.15) is 40.8 Å². The molecule has 1 fully saturated rings. The minimum atomic E-state index is -0.113. The maximum atomic E-state index is 9.63. The molecular formula is C22H33N5OS. The predicted octanol–water partition coefficient (Wildman–Crippen LogP) is 2.57. The Morgan fingerprint density at radius 2 is 1.93 bits per heavy atom. The van der Waals surface area contributed by atoms with Gasteiger partial charge in [-0.2, -0.15) is 0 Å². The van der Waals surface area contributed by atoms with Gasteiger partial charge in [0.05, 0.1) is 11.1 Å². The van der Waals surface area contributed by atoms with Crippen molar-refractivity contribution in [3.8, 4) is 0 Å². The smallest absolute Gasteiger partial charge is 0.191 e. The number of hydrogen-bond acceptors (Lipinski definition) is 5. The maximum absolute atomic E-state index is 9.63. The molecular weight excluding hydrogens is 382 g/mol. The van der Waals surface area contributed by atoms with Crippen LogP contribution >= 0.6 is 11.3 Å². The van der Waals surface area contributed by atoms with Crippen LogP contribution in [-0.2, 0) is 25.9 Å². The van der Waals surface area contributed by atoms with E-state index in [1.165, 1.54) is 21.0 Å². The van der Waals surface area contributed by atoms with Crippen molar-refractivity contribution in [1.82, 2.24) is 20.5 Å². The van der Waals surface area contributed by atoms with Crippen molar-refractivity contribution < 1.29 is 5.11 Å². The molecule has 1 aromatic carbocycles. The number of aliphatic imine (C=N–C) groups is 1. The standard InChI is InChI=1S/C22H33N5OS/c1-3-20-15-25-21(29-20)8-11-24-22(23-2)26-14-17-4-6-18(7-5-17)16-27-12-9-19(28)10-13-27/h4-7,15,19,28H,3,8-14,16H2,1-2H3,(H2,23,24,26). The summed E-state index contributed by atoms with van der Waals surface area (Å²) >= 11 is 1.79. The summed E-state index contributed by atoms with van der Waals surface area (Å²) in [5.74, 6) is 0.813. The first-order valence-corrected chi connectivity index (χ1v) is 11.3. The molecule has 0 unspecified atom stereocenters. The van der Waals surface area contributed by atoms with E-state index in [1.54, 1.807) is 18.4 Å². The van der Waals surface area contributed by atoms with Crippen LogP contribution in [0, 0.1) is 0 Å². The summed E-state index contributed by atoms with van der Waals surface area (Å²) in [5, 5.41) is 17.5. The summed E-state index contributed by atoms with van der Waals surface area (Å²) in [6, 6.07) is 8.75. The molecule has 6 nitrogen and oxygen atoms in total. The lowest BCUT2D eigenvalue weighted by molar-refractivity contribution is 0.0792. The van der Waals surface area contributed by atoms with E-state index in [2.05, 4.69) is 56.7 Å². The number of guanidine groups is 1. The first kappa shape index (κ1) is 21.7. The minimum absolute atomic E-state index is 0.113. The Morgan fingerprint density at radius 3 is 2.59 bits per heavy atom. The Hall–Kier alpha value is -1.96. The lowest BCUT2D eigenvalue weighted by Gasteiger charge is -2.29. The number of hydrogen-bond donors (Lipinski definition) is 3. The summed E-state index contributed by atoms with van der Waals surface area (Å²) in [5.41, 5.74) is 2.56. The van der Waals surface area contributed by atoms with E-state index in [0.29, 0.717) is 0 Å². The number of aliphatic hydroxyl groups is 1. The van der Waals surface area contributed by atoms with E-state index in [-0.39, 0.29) is 6.10 Å². The SMILES string of the molecule is CCc1cnc(CCNC(=NC)NCc2ccc(CN3CCC(O)CC3)cc2)s1. The fraction of sp³-hybridized carbons (Fsp3) is 0.545. The summed E-state index contributed by atoms with van der Waals surface area (Å²) in [4.78, 5) is 12.5. The van der Waals surface area contributed by atoms with Crippen molar-refractivity contribution >= 4 is 17.3 Å². The Balaban J connectivity index is 1.38. The third-order valence-corrected chi connectivity index (χ3v) is 6.45. The molecule has 3 rings (SSSR count). The molecule has 7 heteroatoms. The molecule has 1 aromatic heterocycles. The quantitative estimate of drug-likeness (QED) is 0.457. The first-order valence-electron chi connectivity index (χ1n) is 10.5. The number of nitrogens with zero attached hydrogens (tertiary/aromatic N) is 3. The molecule has 2 heterocycles. The third kappa shape index (κ3) is 7.10. The average molecular weight is 416 g/mol. The molecule has 1 saturated heterocycles. The molecule has 0 radical (unpaired) electrons. The van der Waals surface area contributed by atoms with Crippen LogP contribution in [0.2, 0.25) is 0 Å². The third-order valence-electron chi connectivity index (χ3n) is 5.25. The van der Waals surface area contributed by atoms with Crippen molar-refractivity contribution in [1.29, 1.82) is 0 Å². The minimum Gasteiger partial charge on any atom is -0.393 e. The number of likely N-dealkylation sites (tertiary alicyclic amines) is 1. The average Bonchev–Trinajstić information content (AvgIpc) is 3.21. The topological polar surface area (TPSA) is 72.8 Å². The molecule has 0 bridgehead atoms. The molecule has 29 heavy (non-hydrogen) atoms. The monoisotopic (exact) mass is 415 g/mol. The van der Waals surface area contributed by atoms with E-state index in [0.717, 1.165) is 64.4 Å². The highest BCUT2D eigenvalue weighted by atomic mass is 32.1. The number of rotatable bonds is 8. The number of thiazole rings is 1. The van der Waals surface area contributed by atoms with E-state index in [1.807, 2.05) is 6.20 Å². The summed E-state index contributed by atoms with van der Waals surface area (Å²) < 4.78 is 0. The first-order chi connectivity index (χ1) is 14.2. The van der Waals surface area contributed by atoms with Gasteiger partial charge < -0.3 is 15.7 Å². The van der Waals surface area contributed by atoms with Crippen LogP contribution in [0.25, 0.3) is 0 Å². The highest BCUT2D eigenvalue weighted by molar-refractivity contribution is 7.11. The zero-order valence-electron chi connectivity index (χ0n) is 17.5. The second-order valence-corrected chi connectivity index (χ2v) is 8.70. The van der Waals surface area contributed by atoms with Crippen LogP contribution in [-0.4, -0.2) is 53.7 Å². The van der Waals surface area contributed by atoms with Gasteiger partial charge in [0.15, 0.2) is 5.96 Å². The van der Waals surface area contributed by atoms with E-state index in [9.17, 15) is 5.11 Å². The zero-order chi connectivity index (χ0) is 20.5. The molecule has 0 atom stereocenters. The van der Waals surface area contributed by atoms with Crippen molar-refractivity contribution in [3.05, 3.63) is 51.5 Å². The van der Waals surface area contributed by atoms with Gasteiger partial charge in [-0.25, -0.2) is 4.98 Å². The van der Waals surface area contributed by atoms with Crippen LogP contribution in [0.3, 0.4) is 0 Å². The number of piperidine rings is 1. The van der Waals surface area contributed by atoms with Gasteiger partial charge in [0.25, 0.3) is 0 Å². The second-order valence-electron chi connectivity index (χ2n) is 7.50. The molecule has 0 saturated carbocycles. The highest BCUT2D eigenvalue weighted by Crippen LogP contribution is 2.15. The predicted molar refractivity (Wildman–Crippen MR) is 120 cm³/mol. The highest BCUT2D eigenvalue weighted by Gasteiger charge is 2.16. The zero-order valence-corrected chi connectivity index (χ0v) is 18.3. The number of aromatic nitrogens is 1. The van der Waals surface area contributed by atoms with Crippen molar-refractivity contribution in [2.24, 2.45) is 4.99 Å². The van der Waals surface area contributed by atoms with Gasteiger partial charge >= 0.3 is 0 Å². The van der Waals surface area contributed by atoms with Crippen LogP contribution in [0.4, 0.5) is 0 Å². The lowest BCUT2D eigenvalue weighted by Crippen LogP contribution is -2.37. The van der Waals surface area contributed by atoms with Gasteiger partial charge in [0, 0.05) is 57.3 Å². The Kier molecular flexibility index (Phi) is 8.46. The van der Waals surface area contributed by atoms with E-state index in [4.69, 9.17) is 0 Å². The molecule has 2 aromatic rings. The summed E-state index contributed by atoms with van der Waals surface area (Å²) in [6.07, 6.45) is 5.60. The van der Waals surface area contributed by atoms with Gasteiger partial charge in [-0.3, -0.25) is 9.89 Å². The van der Waals surface area contributed by atoms with Crippen molar-refractivity contribution in [2.75, 3.05) is 26.7 Å². The molecule has 0 amide bonds. The van der Waals surface area contributed by atoms with Crippen molar-refractivity contribution in [2.45, 2.75) is 51.8 Å². The Morgan fingerprint density at radius 1 is 1.21 bits per heavy atom. The fourth-order valence-electron chi connectivity index (χ4n) is 3.42. The molecule has 158 valence electrons. The lowest BCUT2D eigenvalue weighted by atomic mass is 10.1. The second kappa shape index (κ2) is 11.3. The Bertz CT molecular complexity index is 766. The van der Waals surface area contributed by atoms with Gasteiger partial charge in [0.2, 0.25) is 0 Å². The van der Waals surface area contributed by atoms with Gasteiger partial charge in [0.1, 0.15) is 0 Å². The number of benzene rings is 1. The largest absolute Gasteiger partial charge is 0.393 e. The summed E-state index contributed by atoms with van der Waals surface area (Å²) in [6.45, 7) is 6.64. The molecule has 1 aliphatic heterocycles. The van der Waals surface area contributed by atoms with Gasteiger partial charge in [-0.15, -0.1) is 11.3 Å². The normalized spacial score (nSPS) is 16.2. The molecule has 0 spiro atoms. The number of aryl methyl sites for hydroxylation is 1. The van der Waals surface area contributed by atoms with Crippen LogP contribution < -0.4 is 10.6 Å². The van der Waals surface area contributed by atoms with Crippen LogP contribution in [0.5, 0.6) is 0 Å². The summed E-state index contributed by atoms with van der Waals surface area (Å²) in [7, 11) is 1.80. The van der Waals surface area contributed by atoms with Crippen LogP contribution in [0.15, 0.2) is 35.5 Å². The number of aliphatic hydroxyl groups excluding tert-OH is 1. The van der Waals surface area contributed by atoms with E-state index >= 15 is 0 Å². The molecule has 0 aliphatic carbocycles. The number of nitrogens with one attached hydrogen (secondary N) is 2. The Labute approximate surface area is 178 Å². The van der Waals surface area contributed by atoms with Gasteiger partial charge in [-0.05, 0) is 30.4 Å². The van der Waals surface area contributed by atoms with Gasteiger partial charge in [-0.1, -0.05) is 31.2 Å². The molecule has 3 N–H and O–H groups in total. The molecule has 1 aliphatic rings. The van der Waals surface area contributed by atoms with Crippen molar-refractivity contribution in [3.63, 3.8) is 0 Å². The maximum Gasteiger partial charge on any atom is 0.191 e. The fourth-order valence-corrected chi connectivity index (χ4v) is 4.28. The van der Waals surface area contributed by atoms with E-state index < -0.39 is 0 Å².